The van der Waals surface area contributed by atoms with E-state index in [2.05, 4.69) is 4.98 Å². The van der Waals surface area contributed by atoms with Gasteiger partial charge in [-0.15, -0.1) is 0 Å². The van der Waals surface area contributed by atoms with Crippen LogP contribution in [0.25, 0.3) is 0 Å². The molecule has 1 aromatic carbocycles. The molecule has 1 aromatic heterocycles. The summed E-state index contributed by atoms with van der Waals surface area (Å²) in [6, 6.07) is 7.05. The zero-order valence-electron chi connectivity index (χ0n) is 13.2. The Balaban J connectivity index is 2.45. The fraction of sp³-hybridized carbons (Fsp3) is 0.412. The summed E-state index contributed by atoms with van der Waals surface area (Å²) in [5.41, 5.74) is 0.477. The van der Waals surface area contributed by atoms with Crippen LogP contribution in [-0.4, -0.2) is 22.0 Å². The first-order valence-corrected chi connectivity index (χ1v) is 8.07. The number of aromatic nitrogens is 2. The van der Waals surface area contributed by atoms with E-state index in [4.69, 9.17) is 11.6 Å². The lowest BCUT2D eigenvalue weighted by Gasteiger charge is -2.11. The maximum absolute atomic E-state index is 12.8. The lowest BCUT2D eigenvalue weighted by atomic mass is 10.2. The average Bonchev–Trinajstić information content (AvgIpc) is 2.82. The normalized spacial score (nSPS) is 11.7. The molecule has 24 heavy (non-hydrogen) atoms. The highest BCUT2D eigenvalue weighted by Gasteiger charge is 2.32. The molecule has 0 N–H and O–H groups in total. The maximum atomic E-state index is 12.8. The highest BCUT2D eigenvalue weighted by Crippen LogP contribution is 2.25. The first kappa shape index (κ1) is 18.5. The van der Waals surface area contributed by atoms with E-state index < -0.39 is 12.6 Å². The van der Waals surface area contributed by atoms with Gasteiger partial charge >= 0.3 is 6.18 Å². The third kappa shape index (κ3) is 4.60. The number of benzene rings is 1. The van der Waals surface area contributed by atoms with Crippen molar-refractivity contribution in [1.82, 2.24) is 9.55 Å². The number of carbonyl (C=O) groups excluding carboxylic acids is 1. The second kappa shape index (κ2) is 7.83. The zero-order chi connectivity index (χ0) is 17.7. The molecule has 0 atom stereocenters. The van der Waals surface area contributed by atoms with Crippen molar-refractivity contribution in [2.24, 2.45) is 0 Å². The minimum Gasteiger partial charge on any atom is -0.321 e. The fourth-order valence-electron chi connectivity index (χ4n) is 2.52. The van der Waals surface area contributed by atoms with Crippen LogP contribution >= 0.6 is 11.6 Å². The summed E-state index contributed by atoms with van der Waals surface area (Å²) in [4.78, 5) is 15.5. The Bertz CT molecular complexity index is 710. The van der Waals surface area contributed by atoms with Crippen LogP contribution in [0.2, 0.25) is 5.02 Å². The minimum absolute atomic E-state index is 0.0293. The first-order chi connectivity index (χ1) is 11.4. The predicted octanol–water partition coefficient (Wildman–Crippen LogP) is 4.84. The molecule has 2 aromatic rings. The molecule has 0 spiro atoms. The molecule has 0 bridgehead atoms. The van der Waals surface area contributed by atoms with Gasteiger partial charge in [-0.05, 0) is 18.1 Å². The third-order valence-electron chi connectivity index (χ3n) is 3.68. The number of alkyl halides is 3. The number of nitrogens with zero attached hydrogens (tertiary/aromatic N) is 2. The van der Waals surface area contributed by atoms with Gasteiger partial charge in [0.25, 0.3) is 0 Å². The summed E-state index contributed by atoms with van der Waals surface area (Å²) in [5, 5.41) is 0.502. The highest BCUT2D eigenvalue weighted by atomic mass is 35.5. The van der Waals surface area contributed by atoms with Gasteiger partial charge in [-0.25, -0.2) is 4.98 Å². The van der Waals surface area contributed by atoms with E-state index >= 15 is 0 Å². The molecule has 0 unspecified atom stereocenters. The zero-order valence-corrected chi connectivity index (χ0v) is 14.0. The van der Waals surface area contributed by atoms with Gasteiger partial charge in [0, 0.05) is 11.4 Å². The van der Waals surface area contributed by atoms with Gasteiger partial charge in [0.05, 0.1) is 18.7 Å². The van der Waals surface area contributed by atoms with Crippen molar-refractivity contribution in [3.05, 3.63) is 52.1 Å². The molecule has 0 saturated carbocycles. The molecule has 0 saturated heterocycles. The van der Waals surface area contributed by atoms with E-state index in [1.165, 1.54) is 0 Å². The molecule has 0 amide bonds. The number of rotatable bonds is 7. The Morgan fingerprint density at radius 3 is 2.58 bits per heavy atom. The van der Waals surface area contributed by atoms with E-state index in [0.717, 1.165) is 18.4 Å². The van der Waals surface area contributed by atoms with E-state index in [1.807, 2.05) is 6.92 Å². The molecule has 0 aliphatic carbocycles. The predicted molar refractivity (Wildman–Crippen MR) is 86.5 cm³/mol. The number of hydrogen-bond acceptors (Lipinski definition) is 2. The minimum atomic E-state index is -4.41. The quantitative estimate of drug-likeness (QED) is 0.663. The van der Waals surface area contributed by atoms with Crippen LogP contribution in [0.5, 0.6) is 0 Å². The fourth-order valence-corrected chi connectivity index (χ4v) is 2.71. The van der Waals surface area contributed by atoms with Crippen molar-refractivity contribution in [3.8, 4) is 0 Å². The number of unbranched alkanes of at least 4 members (excludes halogenated alkanes) is 1. The Morgan fingerprint density at radius 1 is 1.29 bits per heavy atom. The molecule has 7 heteroatoms. The van der Waals surface area contributed by atoms with Crippen molar-refractivity contribution < 1.29 is 18.0 Å². The van der Waals surface area contributed by atoms with Gasteiger partial charge < -0.3 is 4.57 Å². The van der Waals surface area contributed by atoms with Crippen molar-refractivity contribution in [2.45, 2.75) is 45.3 Å². The number of halogens is 4. The Kier molecular flexibility index (Phi) is 6.04. The van der Waals surface area contributed by atoms with Gasteiger partial charge in [0.2, 0.25) is 0 Å². The van der Waals surface area contributed by atoms with Crippen molar-refractivity contribution >= 4 is 17.9 Å². The van der Waals surface area contributed by atoms with Crippen LogP contribution in [0.4, 0.5) is 13.2 Å². The van der Waals surface area contributed by atoms with E-state index in [-0.39, 0.29) is 17.9 Å². The molecule has 1 heterocycles. The van der Waals surface area contributed by atoms with Gasteiger partial charge in [0.1, 0.15) is 11.5 Å². The summed E-state index contributed by atoms with van der Waals surface area (Å²) in [7, 11) is 0. The Hall–Kier alpha value is -1.82. The number of hydrogen-bond donors (Lipinski definition) is 0. The van der Waals surface area contributed by atoms with Crippen molar-refractivity contribution in [1.29, 1.82) is 0 Å². The Morgan fingerprint density at radius 2 is 2.00 bits per heavy atom. The summed E-state index contributed by atoms with van der Waals surface area (Å²) in [5.74, 6) is 0.484. The van der Waals surface area contributed by atoms with Crippen LogP contribution < -0.4 is 0 Å². The van der Waals surface area contributed by atoms with Crippen LogP contribution in [0.1, 0.15) is 47.3 Å². The largest absolute Gasteiger partial charge is 0.394 e. The van der Waals surface area contributed by atoms with Gasteiger partial charge in [-0.2, -0.15) is 13.2 Å². The number of aryl methyl sites for hydroxylation is 1. The van der Waals surface area contributed by atoms with Gasteiger partial charge in [0.15, 0.2) is 6.29 Å². The molecule has 0 aliphatic heterocycles. The number of imidazole rings is 1. The lowest BCUT2D eigenvalue weighted by molar-refractivity contribution is -0.127. The van der Waals surface area contributed by atoms with Gasteiger partial charge in [-0.1, -0.05) is 43.1 Å². The van der Waals surface area contributed by atoms with E-state index in [9.17, 15) is 18.0 Å². The maximum Gasteiger partial charge on any atom is 0.394 e. The second-order valence-electron chi connectivity index (χ2n) is 5.55. The Labute approximate surface area is 143 Å². The summed E-state index contributed by atoms with van der Waals surface area (Å²) >= 11 is 6.14. The highest BCUT2D eigenvalue weighted by molar-refractivity contribution is 6.31. The number of aldehydes is 1. The third-order valence-corrected chi connectivity index (χ3v) is 4.05. The second-order valence-corrected chi connectivity index (χ2v) is 5.96. The smallest absolute Gasteiger partial charge is 0.321 e. The molecule has 2 rings (SSSR count). The summed E-state index contributed by atoms with van der Waals surface area (Å²) in [6.45, 7) is 2.20. The molecule has 0 aliphatic rings. The molecular formula is C17H18ClF3N2O. The topological polar surface area (TPSA) is 34.9 Å². The monoisotopic (exact) mass is 358 g/mol. The molecule has 0 fully saturated rings. The number of carbonyl (C=O) groups is 1. The molecule has 3 nitrogen and oxygen atoms in total. The molecule has 0 radical (unpaired) electrons. The van der Waals surface area contributed by atoms with E-state index in [1.54, 1.807) is 28.8 Å². The van der Waals surface area contributed by atoms with Crippen LogP contribution in [0.3, 0.4) is 0 Å². The lowest BCUT2D eigenvalue weighted by Crippen LogP contribution is -2.14. The molecular weight excluding hydrogens is 341 g/mol. The standard InChI is InChI=1S/C17H18ClF3N2O/c1-2-3-8-16-22-14(9-17(19,20)21)15(11-24)23(16)10-12-6-4-5-7-13(12)18/h4-7,11H,2-3,8-10H2,1H3. The van der Waals surface area contributed by atoms with Crippen LogP contribution in [-0.2, 0) is 19.4 Å². The average molecular weight is 359 g/mol. The van der Waals surface area contributed by atoms with Crippen LogP contribution in [0.15, 0.2) is 24.3 Å². The summed E-state index contributed by atoms with van der Waals surface area (Å²) < 4.78 is 39.8. The van der Waals surface area contributed by atoms with E-state index in [0.29, 0.717) is 23.6 Å². The van der Waals surface area contributed by atoms with Crippen LogP contribution in [0, 0.1) is 0 Å². The summed E-state index contributed by atoms with van der Waals surface area (Å²) in [6.07, 6.45) is -3.01. The van der Waals surface area contributed by atoms with Crippen molar-refractivity contribution in [3.63, 3.8) is 0 Å². The molecule has 130 valence electrons. The first-order valence-electron chi connectivity index (χ1n) is 7.69. The van der Waals surface area contributed by atoms with Crippen molar-refractivity contribution in [2.75, 3.05) is 0 Å². The van der Waals surface area contributed by atoms with Gasteiger partial charge in [-0.3, -0.25) is 4.79 Å². The SMILES string of the molecule is CCCCc1nc(CC(F)(F)F)c(C=O)n1Cc1ccccc1Cl.